The number of aromatic nitrogens is 3. The number of ether oxygens (including phenoxy) is 1. The standard InChI is InChI=1S/C15H16N4O/c1-19-10-18-14-13(19)6-8-17-15(14)20-9-7-11-4-2-3-5-12(11)16/h2-6,8,10H,7,9,16H2,1H3. The Morgan fingerprint density at radius 1 is 1.20 bits per heavy atom. The number of fused-ring (bicyclic) bond motifs is 1. The van der Waals surface area contributed by atoms with Gasteiger partial charge in [0, 0.05) is 25.4 Å². The van der Waals surface area contributed by atoms with Crippen LogP contribution in [0.5, 0.6) is 5.88 Å². The molecule has 0 radical (unpaired) electrons. The number of nitrogens with zero attached hydrogens (tertiary/aromatic N) is 3. The zero-order valence-corrected chi connectivity index (χ0v) is 11.3. The number of pyridine rings is 1. The van der Waals surface area contributed by atoms with Gasteiger partial charge < -0.3 is 15.0 Å². The molecule has 0 atom stereocenters. The summed E-state index contributed by atoms with van der Waals surface area (Å²) in [6.07, 6.45) is 4.24. The first-order chi connectivity index (χ1) is 9.75. The highest BCUT2D eigenvalue weighted by Gasteiger charge is 2.08. The number of benzene rings is 1. The van der Waals surface area contributed by atoms with E-state index in [-0.39, 0.29) is 0 Å². The van der Waals surface area contributed by atoms with Gasteiger partial charge in [0.2, 0.25) is 5.88 Å². The minimum atomic E-state index is 0.525. The van der Waals surface area contributed by atoms with Gasteiger partial charge in [-0.2, -0.15) is 0 Å². The summed E-state index contributed by atoms with van der Waals surface area (Å²) >= 11 is 0. The molecule has 3 aromatic rings. The van der Waals surface area contributed by atoms with Crippen LogP contribution in [-0.2, 0) is 13.5 Å². The Hall–Kier alpha value is -2.56. The van der Waals surface area contributed by atoms with E-state index in [1.54, 1.807) is 12.5 Å². The molecule has 5 heteroatoms. The van der Waals surface area contributed by atoms with E-state index in [0.717, 1.165) is 28.7 Å². The third-order valence-corrected chi connectivity index (χ3v) is 3.27. The van der Waals surface area contributed by atoms with Gasteiger partial charge in [-0.05, 0) is 17.7 Å². The Balaban J connectivity index is 1.73. The van der Waals surface area contributed by atoms with Crippen LogP contribution >= 0.6 is 0 Å². The van der Waals surface area contributed by atoms with Crippen LogP contribution in [0.4, 0.5) is 5.69 Å². The largest absolute Gasteiger partial charge is 0.476 e. The van der Waals surface area contributed by atoms with Crippen molar-refractivity contribution in [2.45, 2.75) is 6.42 Å². The molecular formula is C15H16N4O. The van der Waals surface area contributed by atoms with E-state index in [4.69, 9.17) is 10.5 Å². The second-order valence-electron chi connectivity index (χ2n) is 4.64. The molecule has 0 aliphatic carbocycles. The monoisotopic (exact) mass is 268 g/mol. The number of rotatable bonds is 4. The fraction of sp³-hybridized carbons (Fsp3) is 0.200. The first-order valence-electron chi connectivity index (χ1n) is 6.48. The molecule has 1 aromatic carbocycles. The van der Waals surface area contributed by atoms with Crippen LogP contribution in [0.15, 0.2) is 42.9 Å². The smallest absolute Gasteiger partial charge is 0.242 e. The summed E-state index contributed by atoms with van der Waals surface area (Å²) < 4.78 is 7.69. The zero-order chi connectivity index (χ0) is 13.9. The van der Waals surface area contributed by atoms with Gasteiger partial charge in [-0.3, -0.25) is 0 Å². The first-order valence-corrected chi connectivity index (χ1v) is 6.48. The molecule has 2 N–H and O–H groups in total. The fourth-order valence-corrected chi connectivity index (χ4v) is 2.16. The van der Waals surface area contributed by atoms with Crippen LogP contribution in [0, 0.1) is 0 Å². The molecule has 20 heavy (non-hydrogen) atoms. The molecule has 3 rings (SSSR count). The number of nitrogens with two attached hydrogens (primary N) is 1. The minimum Gasteiger partial charge on any atom is -0.476 e. The predicted molar refractivity (Wildman–Crippen MR) is 78.6 cm³/mol. The lowest BCUT2D eigenvalue weighted by atomic mass is 10.1. The average Bonchev–Trinajstić information content (AvgIpc) is 2.84. The van der Waals surface area contributed by atoms with Crippen LogP contribution in [0.1, 0.15) is 5.56 Å². The average molecular weight is 268 g/mol. The van der Waals surface area contributed by atoms with Crippen molar-refractivity contribution in [2.75, 3.05) is 12.3 Å². The van der Waals surface area contributed by atoms with E-state index in [9.17, 15) is 0 Å². The van der Waals surface area contributed by atoms with Gasteiger partial charge in [-0.15, -0.1) is 0 Å². The maximum absolute atomic E-state index is 5.91. The topological polar surface area (TPSA) is 66.0 Å². The van der Waals surface area contributed by atoms with Crippen LogP contribution in [0.2, 0.25) is 0 Å². The van der Waals surface area contributed by atoms with Crippen molar-refractivity contribution in [3.63, 3.8) is 0 Å². The van der Waals surface area contributed by atoms with Crippen molar-refractivity contribution in [3.05, 3.63) is 48.4 Å². The van der Waals surface area contributed by atoms with Crippen molar-refractivity contribution in [1.82, 2.24) is 14.5 Å². The molecule has 0 saturated heterocycles. The van der Waals surface area contributed by atoms with Gasteiger partial charge >= 0.3 is 0 Å². The van der Waals surface area contributed by atoms with Crippen LogP contribution < -0.4 is 10.5 Å². The normalized spacial score (nSPS) is 10.8. The van der Waals surface area contributed by atoms with Crippen LogP contribution in [0.3, 0.4) is 0 Å². The summed E-state index contributed by atoms with van der Waals surface area (Å²) in [6.45, 7) is 0.525. The lowest BCUT2D eigenvalue weighted by molar-refractivity contribution is 0.313. The second kappa shape index (κ2) is 5.21. The lowest BCUT2D eigenvalue weighted by Gasteiger charge is -2.07. The highest BCUT2D eigenvalue weighted by molar-refractivity contribution is 5.79. The zero-order valence-electron chi connectivity index (χ0n) is 11.3. The van der Waals surface area contributed by atoms with Gasteiger partial charge in [-0.25, -0.2) is 9.97 Å². The Morgan fingerprint density at radius 2 is 2.05 bits per heavy atom. The van der Waals surface area contributed by atoms with Gasteiger partial charge in [0.05, 0.1) is 18.5 Å². The molecule has 0 amide bonds. The lowest BCUT2D eigenvalue weighted by Crippen LogP contribution is -2.05. The number of hydrogen-bond acceptors (Lipinski definition) is 4. The van der Waals surface area contributed by atoms with Crippen molar-refractivity contribution >= 4 is 16.7 Å². The maximum atomic E-state index is 5.91. The number of nitrogen functional groups attached to an aromatic ring is 1. The highest BCUT2D eigenvalue weighted by atomic mass is 16.5. The third-order valence-electron chi connectivity index (χ3n) is 3.27. The number of anilines is 1. The molecule has 5 nitrogen and oxygen atoms in total. The SMILES string of the molecule is Cn1cnc2c(OCCc3ccccc3N)nccc21. The van der Waals surface area contributed by atoms with E-state index < -0.39 is 0 Å². The summed E-state index contributed by atoms with van der Waals surface area (Å²) in [6, 6.07) is 9.73. The third kappa shape index (κ3) is 2.30. The molecular weight excluding hydrogens is 252 g/mol. The van der Waals surface area contributed by atoms with E-state index >= 15 is 0 Å². The Morgan fingerprint density at radius 3 is 2.90 bits per heavy atom. The molecule has 0 saturated carbocycles. The summed E-state index contributed by atoms with van der Waals surface area (Å²) in [5.41, 5.74) is 9.58. The van der Waals surface area contributed by atoms with Crippen LogP contribution in [0.25, 0.3) is 11.0 Å². The van der Waals surface area contributed by atoms with Gasteiger partial charge in [-0.1, -0.05) is 18.2 Å². The molecule has 0 aliphatic heterocycles. The van der Waals surface area contributed by atoms with Crippen molar-refractivity contribution in [3.8, 4) is 5.88 Å². The van der Waals surface area contributed by atoms with Crippen molar-refractivity contribution < 1.29 is 4.74 Å². The molecule has 2 aromatic heterocycles. The molecule has 2 heterocycles. The first kappa shape index (κ1) is 12.5. The minimum absolute atomic E-state index is 0.525. The predicted octanol–water partition coefficient (Wildman–Crippen LogP) is 2.17. The molecule has 102 valence electrons. The van der Waals surface area contributed by atoms with E-state index in [1.807, 2.05) is 41.9 Å². The highest BCUT2D eigenvalue weighted by Crippen LogP contribution is 2.21. The van der Waals surface area contributed by atoms with Gasteiger partial charge in [0.1, 0.15) is 0 Å². The van der Waals surface area contributed by atoms with E-state index in [0.29, 0.717) is 12.5 Å². The van der Waals surface area contributed by atoms with E-state index in [1.165, 1.54) is 0 Å². The molecule has 0 unspecified atom stereocenters. The van der Waals surface area contributed by atoms with Gasteiger partial charge in [0.25, 0.3) is 0 Å². The fourth-order valence-electron chi connectivity index (χ4n) is 2.16. The second-order valence-corrected chi connectivity index (χ2v) is 4.64. The Labute approximate surface area is 117 Å². The number of imidazole rings is 1. The Bertz CT molecular complexity index is 736. The van der Waals surface area contributed by atoms with Crippen LogP contribution in [-0.4, -0.2) is 21.1 Å². The number of hydrogen-bond donors (Lipinski definition) is 1. The van der Waals surface area contributed by atoms with Crippen molar-refractivity contribution in [1.29, 1.82) is 0 Å². The molecule has 0 fully saturated rings. The quantitative estimate of drug-likeness (QED) is 0.736. The summed E-state index contributed by atoms with van der Waals surface area (Å²) in [5.74, 6) is 0.567. The van der Waals surface area contributed by atoms with Gasteiger partial charge in [0.15, 0.2) is 5.52 Å². The molecule has 0 bridgehead atoms. The molecule has 0 aliphatic rings. The Kier molecular flexibility index (Phi) is 3.25. The number of aryl methyl sites for hydroxylation is 1. The summed E-state index contributed by atoms with van der Waals surface area (Å²) in [5, 5.41) is 0. The number of para-hydroxylation sites is 1. The summed E-state index contributed by atoms with van der Waals surface area (Å²) in [7, 11) is 1.95. The summed E-state index contributed by atoms with van der Waals surface area (Å²) in [4.78, 5) is 8.56. The van der Waals surface area contributed by atoms with E-state index in [2.05, 4.69) is 9.97 Å². The molecule has 0 spiro atoms. The van der Waals surface area contributed by atoms with Crippen molar-refractivity contribution in [2.24, 2.45) is 7.05 Å². The maximum Gasteiger partial charge on any atom is 0.242 e.